The molecule has 110 valence electrons. The van der Waals surface area contributed by atoms with Gasteiger partial charge in [-0.25, -0.2) is 9.59 Å². The van der Waals surface area contributed by atoms with Crippen LogP contribution in [-0.4, -0.2) is 28.2 Å². The average Bonchev–Trinajstić information content (AvgIpc) is 2.28. The number of carboxylic acid groups (broad SMARTS) is 1. The Bertz CT molecular complexity index is 338. The number of amides is 2. The normalized spacial score (nSPS) is 21.2. The summed E-state index contributed by atoms with van der Waals surface area (Å²) in [5.74, 6) is -0.988. The number of carbonyl (C=O) groups excluding carboxylic acids is 1. The first kappa shape index (κ1) is 15.8. The second-order valence-electron chi connectivity index (χ2n) is 6.09. The number of rotatable bonds is 5. The molecule has 0 heterocycles. The van der Waals surface area contributed by atoms with Crippen molar-refractivity contribution in [3.63, 3.8) is 0 Å². The maximum Gasteiger partial charge on any atom is 0.329 e. The van der Waals surface area contributed by atoms with Gasteiger partial charge in [0, 0.05) is 5.54 Å². The van der Waals surface area contributed by atoms with Crippen LogP contribution in [0, 0.1) is 0 Å². The van der Waals surface area contributed by atoms with Crippen molar-refractivity contribution in [3.8, 4) is 0 Å². The van der Waals surface area contributed by atoms with E-state index >= 15 is 0 Å². The molecule has 3 N–H and O–H groups in total. The van der Waals surface area contributed by atoms with Gasteiger partial charge >= 0.3 is 12.0 Å². The molecule has 0 aromatic carbocycles. The molecule has 1 atom stereocenters. The van der Waals surface area contributed by atoms with E-state index in [0.29, 0.717) is 12.8 Å². The molecular formula is C14H26N2O3. The SMILES string of the molecule is CCCC(C)(NC(=O)NC1(C)CCCCC1)C(=O)O. The van der Waals surface area contributed by atoms with Crippen molar-refractivity contribution >= 4 is 12.0 Å². The van der Waals surface area contributed by atoms with E-state index < -0.39 is 11.5 Å². The van der Waals surface area contributed by atoms with E-state index in [1.54, 1.807) is 6.92 Å². The van der Waals surface area contributed by atoms with E-state index in [0.717, 1.165) is 25.7 Å². The van der Waals surface area contributed by atoms with Crippen LogP contribution in [0.5, 0.6) is 0 Å². The van der Waals surface area contributed by atoms with Crippen molar-refractivity contribution in [3.05, 3.63) is 0 Å². The van der Waals surface area contributed by atoms with E-state index in [-0.39, 0.29) is 11.6 Å². The molecule has 19 heavy (non-hydrogen) atoms. The van der Waals surface area contributed by atoms with Crippen LogP contribution in [-0.2, 0) is 4.79 Å². The van der Waals surface area contributed by atoms with Gasteiger partial charge in [0.1, 0.15) is 5.54 Å². The topological polar surface area (TPSA) is 78.4 Å². The highest BCUT2D eigenvalue weighted by Crippen LogP contribution is 2.27. The highest BCUT2D eigenvalue weighted by molar-refractivity contribution is 5.86. The number of urea groups is 1. The molecule has 0 saturated heterocycles. The molecule has 0 aliphatic heterocycles. The Hall–Kier alpha value is -1.26. The average molecular weight is 270 g/mol. The molecule has 1 unspecified atom stereocenters. The minimum Gasteiger partial charge on any atom is -0.480 e. The molecule has 1 rings (SSSR count). The molecule has 1 saturated carbocycles. The Labute approximate surface area is 115 Å². The van der Waals surface area contributed by atoms with Crippen molar-refractivity contribution in [1.82, 2.24) is 10.6 Å². The van der Waals surface area contributed by atoms with Crippen LogP contribution >= 0.6 is 0 Å². The summed E-state index contributed by atoms with van der Waals surface area (Å²) >= 11 is 0. The third-order valence-electron chi connectivity index (χ3n) is 3.98. The van der Waals surface area contributed by atoms with Gasteiger partial charge in [-0.2, -0.15) is 0 Å². The molecule has 0 aromatic rings. The Morgan fingerprint density at radius 2 is 1.84 bits per heavy atom. The van der Waals surface area contributed by atoms with Crippen molar-refractivity contribution in [2.24, 2.45) is 0 Å². The van der Waals surface area contributed by atoms with Crippen LogP contribution in [0.15, 0.2) is 0 Å². The zero-order valence-electron chi connectivity index (χ0n) is 12.2. The summed E-state index contributed by atoms with van der Waals surface area (Å²) in [4.78, 5) is 23.3. The second kappa shape index (κ2) is 6.26. The van der Waals surface area contributed by atoms with Gasteiger partial charge in [0.05, 0.1) is 0 Å². The van der Waals surface area contributed by atoms with E-state index in [9.17, 15) is 14.7 Å². The van der Waals surface area contributed by atoms with Crippen molar-refractivity contribution in [1.29, 1.82) is 0 Å². The summed E-state index contributed by atoms with van der Waals surface area (Å²) in [7, 11) is 0. The van der Waals surface area contributed by atoms with Crippen molar-refractivity contribution in [2.45, 2.75) is 76.8 Å². The predicted molar refractivity (Wildman–Crippen MR) is 74.1 cm³/mol. The second-order valence-corrected chi connectivity index (χ2v) is 6.09. The van der Waals surface area contributed by atoms with E-state index in [1.165, 1.54) is 6.42 Å². The number of aliphatic carboxylic acids is 1. The molecule has 1 aliphatic carbocycles. The van der Waals surface area contributed by atoms with E-state index in [4.69, 9.17) is 0 Å². The van der Waals surface area contributed by atoms with Gasteiger partial charge in [0.25, 0.3) is 0 Å². The minimum atomic E-state index is -1.19. The van der Waals surface area contributed by atoms with Gasteiger partial charge in [-0.1, -0.05) is 32.6 Å². The standard InChI is InChI=1S/C14H26N2O3/c1-4-8-14(3,11(17)18)16-12(19)15-13(2)9-6-5-7-10-13/h4-10H2,1-3H3,(H,17,18)(H2,15,16,19). The van der Waals surface area contributed by atoms with Gasteiger partial charge < -0.3 is 15.7 Å². The van der Waals surface area contributed by atoms with E-state index in [1.807, 2.05) is 13.8 Å². The summed E-state index contributed by atoms with van der Waals surface area (Å²) in [5, 5.41) is 14.8. The number of hydrogen-bond donors (Lipinski definition) is 3. The first-order chi connectivity index (χ1) is 8.81. The van der Waals surface area contributed by atoms with Crippen LogP contribution < -0.4 is 10.6 Å². The van der Waals surface area contributed by atoms with Crippen LogP contribution in [0.2, 0.25) is 0 Å². The highest BCUT2D eigenvalue weighted by Gasteiger charge is 2.36. The van der Waals surface area contributed by atoms with Crippen LogP contribution in [0.25, 0.3) is 0 Å². The molecule has 0 spiro atoms. The number of carbonyl (C=O) groups is 2. The van der Waals surface area contributed by atoms with Crippen LogP contribution in [0.3, 0.4) is 0 Å². The predicted octanol–water partition coefficient (Wildman–Crippen LogP) is 2.65. The van der Waals surface area contributed by atoms with Crippen LogP contribution in [0.1, 0.15) is 65.7 Å². The third-order valence-corrected chi connectivity index (χ3v) is 3.98. The summed E-state index contributed by atoms with van der Waals surface area (Å²) in [6.07, 6.45) is 6.48. The smallest absolute Gasteiger partial charge is 0.329 e. The third kappa shape index (κ3) is 4.40. The number of carboxylic acids is 1. The van der Waals surface area contributed by atoms with Gasteiger partial charge in [0.2, 0.25) is 0 Å². The quantitative estimate of drug-likeness (QED) is 0.718. The lowest BCUT2D eigenvalue weighted by Crippen LogP contribution is -2.59. The summed E-state index contributed by atoms with van der Waals surface area (Å²) in [6.45, 7) is 5.49. The Kier molecular flexibility index (Phi) is 5.20. The monoisotopic (exact) mass is 270 g/mol. The van der Waals surface area contributed by atoms with Gasteiger partial charge in [-0.3, -0.25) is 0 Å². The summed E-state index contributed by atoms with van der Waals surface area (Å²) < 4.78 is 0. The molecule has 5 heteroatoms. The lowest BCUT2D eigenvalue weighted by atomic mass is 9.83. The Morgan fingerprint density at radius 1 is 1.26 bits per heavy atom. The summed E-state index contributed by atoms with van der Waals surface area (Å²) in [6, 6.07) is -0.372. The zero-order valence-corrected chi connectivity index (χ0v) is 12.2. The van der Waals surface area contributed by atoms with Gasteiger partial charge in [0.15, 0.2) is 0 Å². The Morgan fingerprint density at radius 3 is 2.32 bits per heavy atom. The lowest BCUT2D eigenvalue weighted by Gasteiger charge is -2.36. The van der Waals surface area contributed by atoms with Gasteiger partial charge in [-0.15, -0.1) is 0 Å². The highest BCUT2D eigenvalue weighted by atomic mass is 16.4. The molecule has 0 radical (unpaired) electrons. The molecule has 1 aliphatic rings. The first-order valence-electron chi connectivity index (χ1n) is 7.15. The molecule has 0 bridgehead atoms. The summed E-state index contributed by atoms with van der Waals surface area (Å²) in [5.41, 5.74) is -1.39. The largest absolute Gasteiger partial charge is 0.480 e. The molecular weight excluding hydrogens is 244 g/mol. The van der Waals surface area contributed by atoms with Crippen LogP contribution in [0.4, 0.5) is 4.79 Å². The fourth-order valence-corrected chi connectivity index (χ4v) is 2.74. The number of hydrogen-bond acceptors (Lipinski definition) is 2. The first-order valence-corrected chi connectivity index (χ1v) is 7.15. The zero-order chi connectivity index (χ0) is 14.5. The molecule has 1 fully saturated rings. The fourth-order valence-electron chi connectivity index (χ4n) is 2.74. The maximum atomic E-state index is 12.0. The van der Waals surface area contributed by atoms with Crippen molar-refractivity contribution in [2.75, 3.05) is 0 Å². The molecule has 2 amide bonds. The minimum absolute atomic E-state index is 0.200. The number of nitrogens with one attached hydrogen (secondary N) is 2. The molecule has 0 aromatic heterocycles. The van der Waals surface area contributed by atoms with E-state index in [2.05, 4.69) is 10.6 Å². The maximum absolute atomic E-state index is 12.0. The lowest BCUT2D eigenvalue weighted by molar-refractivity contribution is -0.144. The molecule has 5 nitrogen and oxygen atoms in total. The fraction of sp³-hybridized carbons (Fsp3) is 0.857. The Balaban J connectivity index is 2.60. The van der Waals surface area contributed by atoms with Crippen molar-refractivity contribution < 1.29 is 14.7 Å². The van der Waals surface area contributed by atoms with Gasteiger partial charge in [-0.05, 0) is 33.1 Å².